The molecule has 0 aliphatic carbocycles. The van der Waals surface area contributed by atoms with Gasteiger partial charge in [0.25, 0.3) is 0 Å². The third kappa shape index (κ3) is 2.52. The molecule has 0 radical (unpaired) electrons. The van der Waals surface area contributed by atoms with E-state index in [1.165, 1.54) is 5.69 Å². The van der Waals surface area contributed by atoms with E-state index in [2.05, 4.69) is 34.0 Å². The summed E-state index contributed by atoms with van der Waals surface area (Å²) in [5, 5.41) is 9.44. The van der Waals surface area contributed by atoms with Crippen molar-refractivity contribution in [2.45, 2.75) is 6.82 Å². The van der Waals surface area contributed by atoms with Crippen LogP contribution in [0.3, 0.4) is 0 Å². The summed E-state index contributed by atoms with van der Waals surface area (Å²) in [5.41, 5.74) is 1.28. The number of benzene rings is 1. The van der Waals surface area contributed by atoms with Crippen molar-refractivity contribution in [1.29, 1.82) is 0 Å². The molecule has 1 aromatic carbocycles. The Bertz CT molecular complexity index is 297. The molecular formula is C11H17BN2O. The predicted octanol–water partition coefficient (Wildman–Crippen LogP) is 0.919. The topological polar surface area (TPSA) is 26.7 Å². The summed E-state index contributed by atoms with van der Waals surface area (Å²) in [5.74, 6) is 0. The SMILES string of the molecule is CB(O)N1CCN(c2ccccc2)CC1. The summed E-state index contributed by atoms with van der Waals surface area (Å²) < 4.78 is 0. The lowest BCUT2D eigenvalue weighted by atomic mass is 9.84. The first-order valence-corrected chi connectivity index (χ1v) is 5.49. The molecule has 0 unspecified atom stereocenters. The van der Waals surface area contributed by atoms with Crippen molar-refractivity contribution in [3.05, 3.63) is 30.3 Å². The van der Waals surface area contributed by atoms with Gasteiger partial charge in [0, 0.05) is 31.9 Å². The lowest BCUT2D eigenvalue weighted by Crippen LogP contribution is -2.51. The maximum atomic E-state index is 9.44. The number of para-hydroxylation sites is 1. The summed E-state index contributed by atoms with van der Waals surface area (Å²) >= 11 is 0. The number of piperazine rings is 1. The van der Waals surface area contributed by atoms with Gasteiger partial charge < -0.3 is 14.7 Å². The molecule has 4 heteroatoms. The summed E-state index contributed by atoms with van der Waals surface area (Å²) in [6.45, 7) is 5.70. The molecule has 15 heavy (non-hydrogen) atoms. The van der Waals surface area contributed by atoms with E-state index in [4.69, 9.17) is 0 Å². The molecule has 0 bridgehead atoms. The Kier molecular flexibility index (Phi) is 3.28. The van der Waals surface area contributed by atoms with Crippen molar-refractivity contribution in [3.8, 4) is 0 Å². The lowest BCUT2D eigenvalue weighted by molar-refractivity contribution is 0.344. The van der Waals surface area contributed by atoms with Gasteiger partial charge in [-0.3, -0.25) is 0 Å². The highest BCUT2D eigenvalue weighted by molar-refractivity contribution is 6.45. The van der Waals surface area contributed by atoms with Gasteiger partial charge >= 0.3 is 7.05 Å². The normalized spacial score (nSPS) is 17.9. The molecule has 1 saturated heterocycles. The molecule has 0 amide bonds. The van der Waals surface area contributed by atoms with E-state index in [1.807, 2.05) is 12.9 Å². The number of anilines is 1. The molecule has 1 aromatic rings. The molecule has 0 saturated carbocycles. The molecule has 1 aliphatic rings. The minimum absolute atomic E-state index is 0.317. The van der Waals surface area contributed by atoms with E-state index in [9.17, 15) is 5.02 Å². The van der Waals surface area contributed by atoms with Gasteiger partial charge in [-0.15, -0.1) is 0 Å². The number of rotatable bonds is 2. The van der Waals surface area contributed by atoms with Crippen LogP contribution in [0.1, 0.15) is 0 Å². The zero-order chi connectivity index (χ0) is 10.7. The van der Waals surface area contributed by atoms with Crippen LogP contribution >= 0.6 is 0 Å². The number of hydrogen-bond acceptors (Lipinski definition) is 3. The standard InChI is InChI=1S/C11H17BN2O/c1-12(15)14-9-7-13(8-10-14)11-5-3-2-4-6-11/h2-6,15H,7-10H2,1H3. The smallest absolute Gasteiger partial charge is 0.376 e. The van der Waals surface area contributed by atoms with Crippen LogP contribution in [-0.2, 0) is 0 Å². The molecular weight excluding hydrogens is 187 g/mol. The maximum Gasteiger partial charge on any atom is 0.376 e. The second-order valence-electron chi connectivity index (χ2n) is 3.99. The van der Waals surface area contributed by atoms with Crippen LogP contribution in [0, 0.1) is 0 Å². The summed E-state index contributed by atoms with van der Waals surface area (Å²) in [7, 11) is -0.317. The average Bonchev–Trinajstić information content (AvgIpc) is 2.30. The second kappa shape index (κ2) is 4.68. The monoisotopic (exact) mass is 204 g/mol. The largest absolute Gasteiger partial charge is 0.437 e. The van der Waals surface area contributed by atoms with Gasteiger partial charge in [-0.05, 0) is 19.0 Å². The lowest BCUT2D eigenvalue weighted by Gasteiger charge is -2.36. The summed E-state index contributed by atoms with van der Waals surface area (Å²) in [4.78, 5) is 4.46. The van der Waals surface area contributed by atoms with Crippen molar-refractivity contribution in [3.63, 3.8) is 0 Å². The number of hydrogen-bond donors (Lipinski definition) is 1. The minimum atomic E-state index is -0.317. The van der Waals surface area contributed by atoms with Crippen LogP contribution in [-0.4, -0.2) is 43.1 Å². The predicted molar refractivity (Wildman–Crippen MR) is 64.1 cm³/mol. The highest BCUT2D eigenvalue weighted by Gasteiger charge is 2.22. The second-order valence-corrected chi connectivity index (χ2v) is 3.99. The first kappa shape index (κ1) is 10.5. The van der Waals surface area contributed by atoms with Crippen LogP contribution in [0.4, 0.5) is 5.69 Å². The molecule has 3 nitrogen and oxygen atoms in total. The van der Waals surface area contributed by atoms with Crippen LogP contribution < -0.4 is 4.90 Å². The molecule has 0 spiro atoms. The van der Waals surface area contributed by atoms with Gasteiger partial charge in [-0.2, -0.15) is 0 Å². The average molecular weight is 204 g/mol. The van der Waals surface area contributed by atoms with Crippen molar-refractivity contribution in [2.75, 3.05) is 31.1 Å². The van der Waals surface area contributed by atoms with E-state index in [-0.39, 0.29) is 7.05 Å². The van der Waals surface area contributed by atoms with Crippen molar-refractivity contribution in [1.82, 2.24) is 4.81 Å². The Labute approximate surface area is 91.4 Å². The highest BCUT2D eigenvalue weighted by atomic mass is 16.2. The fraction of sp³-hybridized carbons (Fsp3) is 0.455. The molecule has 1 aliphatic heterocycles. The van der Waals surface area contributed by atoms with Crippen molar-refractivity contribution < 1.29 is 5.02 Å². The Hall–Kier alpha value is -0.995. The Morgan fingerprint density at radius 2 is 1.67 bits per heavy atom. The molecule has 2 rings (SSSR count). The maximum absolute atomic E-state index is 9.44. The summed E-state index contributed by atoms with van der Waals surface area (Å²) in [6, 6.07) is 10.4. The third-order valence-electron chi connectivity index (χ3n) is 2.96. The van der Waals surface area contributed by atoms with Gasteiger partial charge in [0.2, 0.25) is 0 Å². The molecule has 1 fully saturated rings. The van der Waals surface area contributed by atoms with E-state index >= 15 is 0 Å². The van der Waals surface area contributed by atoms with Crippen molar-refractivity contribution >= 4 is 12.7 Å². The van der Waals surface area contributed by atoms with Crippen LogP contribution in [0.15, 0.2) is 30.3 Å². The fourth-order valence-corrected chi connectivity index (χ4v) is 1.99. The van der Waals surface area contributed by atoms with Crippen LogP contribution in [0.5, 0.6) is 0 Å². The van der Waals surface area contributed by atoms with Crippen LogP contribution in [0.25, 0.3) is 0 Å². The van der Waals surface area contributed by atoms with E-state index in [0.717, 1.165) is 26.2 Å². The highest BCUT2D eigenvalue weighted by Crippen LogP contribution is 2.15. The molecule has 0 atom stereocenters. The molecule has 1 heterocycles. The first-order valence-electron chi connectivity index (χ1n) is 5.49. The van der Waals surface area contributed by atoms with Gasteiger partial charge in [-0.25, -0.2) is 0 Å². The molecule has 0 aromatic heterocycles. The van der Waals surface area contributed by atoms with Gasteiger partial charge in [-0.1, -0.05) is 18.2 Å². The van der Waals surface area contributed by atoms with E-state index < -0.39 is 0 Å². The summed E-state index contributed by atoms with van der Waals surface area (Å²) in [6.07, 6.45) is 0. The van der Waals surface area contributed by atoms with E-state index in [1.54, 1.807) is 0 Å². The van der Waals surface area contributed by atoms with Gasteiger partial charge in [0.1, 0.15) is 0 Å². The van der Waals surface area contributed by atoms with Crippen LogP contribution in [0.2, 0.25) is 6.82 Å². The molecule has 1 N–H and O–H groups in total. The Morgan fingerprint density at radius 3 is 2.20 bits per heavy atom. The van der Waals surface area contributed by atoms with Gasteiger partial charge in [0.05, 0.1) is 0 Å². The first-order chi connectivity index (χ1) is 7.27. The van der Waals surface area contributed by atoms with Crippen molar-refractivity contribution in [2.24, 2.45) is 0 Å². The molecule has 80 valence electrons. The van der Waals surface area contributed by atoms with E-state index in [0.29, 0.717) is 0 Å². The zero-order valence-corrected chi connectivity index (χ0v) is 9.13. The third-order valence-corrected chi connectivity index (χ3v) is 2.96. The Morgan fingerprint density at radius 1 is 1.07 bits per heavy atom. The minimum Gasteiger partial charge on any atom is -0.437 e. The van der Waals surface area contributed by atoms with Gasteiger partial charge in [0.15, 0.2) is 0 Å². The fourth-order valence-electron chi connectivity index (χ4n) is 1.99. The number of nitrogens with zero attached hydrogens (tertiary/aromatic N) is 2. The Balaban J connectivity index is 1.94. The zero-order valence-electron chi connectivity index (χ0n) is 9.13. The quantitative estimate of drug-likeness (QED) is 0.725.